The SMILES string of the molecule is CCCCS(=O)(=O)Nc1ccc(Nc2cc(C)ccc2OC)cn1. The molecule has 1 heterocycles. The Morgan fingerprint density at radius 2 is 2.00 bits per heavy atom. The molecule has 0 spiro atoms. The molecular formula is C17H23N3O3S. The van der Waals surface area contributed by atoms with Crippen molar-refractivity contribution in [1.29, 1.82) is 0 Å². The highest BCUT2D eigenvalue weighted by molar-refractivity contribution is 7.92. The van der Waals surface area contributed by atoms with E-state index in [1.807, 2.05) is 32.0 Å². The molecule has 0 saturated heterocycles. The summed E-state index contributed by atoms with van der Waals surface area (Å²) >= 11 is 0. The van der Waals surface area contributed by atoms with Gasteiger partial charge in [0.25, 0.3) is 0 Å². The summed E-state index contributed by atoms with van der Waals surface area (Å²) in [7, 11) is -1.72. The number of pyridine rings is 1. The first-order valence-corrected chi connectivity index (χ1v) is 9.47. The van der Waals surface area contributed by atoms with Gasteiger partial charge in [-0.25, -0.2) is 13.4 Å². The smallest absolute Gasteiger partial charge is 0.233 e. The van der Waals surface area contributed by atoms with E-state index in [1.165, 1.54) is 0 Å². The molecule has 24 heavy (non-hydrogen) atoms. The minimum absolute atomic E-state index is 0.103. The molecule has 7 heteroatoms. The summed E-state index contributed by atoms with van der Waals surface area (Å²) in [5, 5.41) is 3.22. The highest BCUT2D eigenvalue weighted by atomic mass is 32.2. The van der Waals surface area contributed by atoms with Crippen LogP contribution in [0, 0.1) is 6.92 Å². The maximum Gasteiger partial charge on any atom is 0.233 e. The van der Waals surface area contributed by atoms with E-state index in [9.17, 15) is 8.42 Å². The van der Waals surface area contributed by atoms with Crippen LogP contribution >= 0.6 is 0 Å². The largest absolute Gasteiger partial charge is 0.495 e. The Morgan fingerprint density at radius 1 is 1.21 bits per heavy atom. The Labute approximate surface area is 143 Å². The normalized spacial score (nSPS) is 11.1. The number of rotatable bonds is 8. The molecule has 0 fully saturated rings. The van der Waals surface area contributed by atoms with Crippen LogP contribution in [-0.4, -0.2) is 26.3 Å². The van der Waals surface area contributed by atoms with Gasteiger partial charge in [-0.05, 0) is 43.2 Å². The van der Waals surface area contributed by atoms with Crippen molar-refractivity contribution in [3.8, 4) is 5.75 Å². The molecule has 2 N–H and O–H groups in total. The summed E-state index contributed by atoms with van der Waals surface area (Å²) in [4.78, 5) is 4.15. The van der Waals surface area contributed by atoms with Gasteiger partial charge in [-0.3, -0.25) is 4.72 Å². The van der Waals surface area contributed by atoms with Crippen molar-refractivity contribution in [3.63, 3.8) is 0 Å². The van der Waals surface area contributed by atoms with Gasteiger partial charge in [-0.1, -0.05) is 19.4 Å². The summed E-state index contributed by atoms with van der Waals surface area (Å²) in [6.45, 7) is 3.95. The van der Waals surface area contributed by atoms with Crippen LogP contribution < -0.4 is 14.8 Å². The van der Waals surface area contributed by atoms with Gasteiger partial charge in [0.2, 0.25) is 10.0 Å². The molecule has 130 valence electrons. The Morgan fingerprint density at radius 3 is 2.62 bits per heavy atom. The van der Waals surface area contributed by atoms with E-state index in [0.29, 0.717) is 12.2 Å². The quantitative estimate of drug-likeness (QED) is 0.760. The molecule has 0 unspecified atom stereocenters. The Balaban J connectivity index is 2.09. The topological polar surface area (TPSA) is 80.3 Å². The third-order valence-electron chi connectivity index (χ3n) is 3.42. The number of sulfonamides is 1. The lowest BCUT2D eigenvalue weighted by molar-refractivity contribution is 0.416. The molecule has 0 aliphatic carbocycles. The molecule has 6 nitrogen and oxygen atoms in total. The third kappa shape index (κ3) is 5.13. The van der Waals surface area contributed by atoms with Gasteiger partial charge in [0.05, 0.1) is 30.4 Å². The molecule has 0 amide bonds. The van der Waals surface area contributed by atoms with Crippen LogP contribution in [-0.2, 0) is 10.0 Å². The number of unbranched alkanes of at least 4 members (excludes halogenated alkanes) is 1. The van der Waals surface area contributed by atoms with Crippen LogP contribution in [0.3, 0.4) is 0 Å². The van der Waals surface area contributed by atoms with Gasteiger partial charge in [0.1, 0.15) is 11.6 Å². The number of aryl methyl sites for hydroxylation is 1. The van der Waals surface area contributed by atoms with Crippen LogP contribution in [0.1, 0.15) is 25.3 Å². The van der Waals surface area contributed by atoms with E-state index in [0.717, 1.165) is 29.1 Å². The zero-order valence-electron chi connectivity index (χ0n) is 14.2. The highest BCUT2D eigenvalue weighted by Gasteiger charge is 2.10. The van der Waals surface area contributed by atoms with Crippen LogP contribution in [0.2, 0.25) is 0 Å². The lowest BCUT2D eigenvalue weighted by Crippen LogP contribution is -2.17. The summed E-state index contributed by atoms with van der Waals surface area (Å²) in [5.74, 6) is 1.14. The molecule has 0 radical (unpaired) electrons. The summed E-state index contributed by atoms with van der Waals surface area (Å²) in [6.07, 6.45) is 3.04. The Hall–Kier alpha value is -2.28. The van der Waals surface area contributed by atoms with Gasteiger partial charge in [0.15, 0.2) is 0 Å². The fourth-order valence-corrected chi connectivity index (χ4v) is 3.36. The predicted octanol–water partition coefficient (Wildman–Crippen LogP) is 3.68. The number of aromatic nitrogens is 1. The van der Waals surface area contributed by atoms with Crippen LogP contribution in [0.15, 0.2) is 36.5 Å². The first-order valence-electron chi connectivity index (χ1n) is 7.81. The number of methoxy groups -OCH3 is 1. The second-order valence-corrected chi connectivity index (χ2v) is 7.38. The van der Waals surface area contributed by atoms with Gasteiger partial charge in [-0.2, -0.15) is 0 Å². The van der Waals surface area contributed by atoms with E-state index in [-0.39, 0.29) is 5.75 Å². The van der Waals surface area contributed by atoms with Crippen molar-refractivity contribution in [3.05, 3.63) is 42.1 Å². The second kappa shape index (κ2) is 8.01. The molecule has 1 aromatic heterocycles. The fraction of sp³-hybridized carbons (Fsp3) is 0.353. The number of ether oxygens (including phenoxy) is 1. The summed E-state index contributed by atoms with van der Waals surface area (Å²) in [5.41, 5.74) is 2.68. The molecule has 0 atom stereocenters. The first-order chi connectivity index (χ1) is 11.4. The Bertz CT molecular complexity index is 774. The molecular weight excluding hydrogens is 326 g/mol. The number of nitrogens with zero attached hydrogens (tertiary/aromatic N) is 1. The van der Waals surface area contributed by atoms with Gasteiger partial charge in [0, 0.05) is 0 Å². The maximum absolute atomic E-state index is 11.9. The number of anilines is 3. The monoisotopic (exact) mass is 349 g/mol. The number of hydrogen-bond acceptors (Lipinski definition) is 5. The molecule has 0 bridgehead atoms. The minimum Gasteiger partial charge on any atom is -0.495 e. The van der Waals surface area contributed by atoms with Crippen molar-refractivity contribution < 1.29 is 13.2 Å². The van der Waals surface area contributed by atoms with E-state index in [4.69, 9.17) is 4.74 Å². The predicted molar refractivity (Wildman–Crippen MR) is 97.6 cm³/mol. The van der Waals surface area contributed by atoms with Crippen LogP contribution in [0.25, 0.3) is 0 Å². The van der Waals surface area contributed by atoms with Gasteiger partial charge in [-0.15, -0.1) is 0 Å². The number of hydrogen-bond donors (Lipinski definition) is 2. The van der Waals surface area contributed by atoms with E-state index < -0.39 is 10.0 Å². The van der Waals surface area contributed by atoms with E-state index in [2.05, 4.69) is 15.0 Å². The molecule has 0 saturated carbocycles. The van der Waals surface area contributed by atoms with Gasteiger partial charge < -0.3 is 10.1 Å². The van der Waals surface area contributed by atoms with Crippen molar-refractivity contribution in [2.75, 3.05) is 22.9 Å². The molecule has 0 aliphatic rings. The molecule has 0 aliphatic heterocycles. The van der Waals surface area contributed by atoms with Crippen LogP contribution in [0.5, 0.6) is 5.75 Å². The van der Waals surface area contributed by atoms with Crippen molar-refractivity contribution in [2.45, 2.75) is 26.7 Å². The van der Waals surface area contributed by atoms with E-state index >= 15 is 0 Å². The second-order valence-electron chi connectivity index (χ2n) is 5.54. The van der Waals surface area contributed by atoms with Crippen molar-refractivity contribution in [2.24, 2.45) is 0 Å². The van der Waals surface area contributed by atoms with Gasteiger partial charge >= 0.3 is 0 Å². The van der Waals surface area contributed by atoms with Crippen molar-refractivity contribution >= 4 is 27.2 Å². The highest BCUT2D eigenvalue weighted by Crippen LogP contribution is 2.28. The standard InChI is InChI=1S/C17H23N3O3S/c1-4-5-10-24(21,22)20-17-9-7-14(12-18-17)19-15-11-13(2)6-8-16(15)23-3/h6-9,11-12,19H,4-5,10H2,1-3H3,(H,18,20). The summed E-state index contributed by atoms with van der Waals surface area (Å²) in [6, 6.07) is 9.23. The lowest BCUT2D eigenvalue weighted by atomic mass is 10.2. The molecule has 1 aromatic carbocycles. The number of benzene rings is 1. The minimum atomic E-state index is -3.34. The molecule has 2 aromatic rings. The maximum atomic E-state index is 11.9. The zero-order chi connectivity index (χ0) is 17.6. The third-order valence-corrected chi connectivity index (χ3v) is 4.77. The summed E-state index contributed by atoms with van der Waals surface area (Å²) < 4.78 is 31.6. The van der Waals surface area contributed by atoms with Crippen molar-refractivity contribution in [1.82, 2.24) is 4.98 Å². The number of nitrogens with one attached hydrogen (secondary N) is 2. The Kier molecular flexibility index (Phi) is 6.03. The average Bonchev–Trinajstić information content (AvgIpc) is 2.55. The van der Waals surface area contributed by atoms with Crippen LogP contribution in [0.4, 0.5) is 17.2 Å². The molecule has 2 rings (SSSR count). The average molecular weight is 349 g/mol. The lowest BCUT2D eigenvalue weighted by Gasteiger charge is -2.12. The first kappa shape index (κ1) is 18.1. The van der Waals surface area contributed by atoms with E-state index in [1.54, 1.807) is 25.4 Å². The zero-order valence-corrected chi connectivity index (χ0v) is 15.0. The fourth-order valence-electron chi connectivity index (χ4n) is 2.15.